The van der Waals surface area contributed by atoms with Gasteiger partial charge in [-0.3, -0.25) is 0 Å². The topological polar surface area (TPSA) is 131 Å². The summed E-state index contributed by atoms with van der Waals surface area (Å²) in [6, 6.07) is 22.4. The third kappa shape index (κ3) is 7.14. The van der Waals surface area contributed by atoms with E-state index in [0.717, 1.165) is 53.5 Å². The highest BCUT2D eigenvalue weighted by molar-refractivity contribution is 7.89. The number of fused-ring (bicyclic) bond motifs is 3. The summed E-state index contributed by atoms with van der Waals surface area (Å²) < 4.78 is 36.7. The standard InChI is InChI=1S/C35H42N8O3S/c1-4-28(43-24-37-33-34(43)31-7-5-6-8-32(31)38-35(33)36)23-46-22-19-25-17-20-42(21-18-25)47(44,45)30-15-11-27(12-16-30)40-39-26-9-13-29(14-10-26)41(2)3/h5-16,24-25,28H,4,17-23H2,1-3H3,(H2,36,38)/b40-39+. The number of hydrogen-bond acceptors (Lipinski definition) is 9. The number of rotatable bonds is 12. The van der Waals surface area contributed by atoms with Gasteiger partial charge in [-0.15, -0.1) is 0 Å². The molecule has 5 aromatic rings. The highest BCUT2D eigenvalue weighted by atomic mass is 32.2. The van der Waals surface area contributed by atoms with E-state index in [1.807, 2.05) is 67.8 Å². The average molecular weight is 655 g/mol. The zero-order chi connectivity index (χ0) is 33.0. The maximum absolute atomic E-state index is 13.4. The Hall–Kier alpha value is -4.39. The van der Waals surface area contributed by atoms with Gasteiger partial charge in [0.05, 0.1) is 46.3 Å². The summed E-state index contributed by atoms with van der Waals surface area (Å²) in [6.07, 6.45) is 5.23. The molecule has 0 aliphatic carbocycles. The van der Waals surface area contributed by atoms with Crippen molar-refractivity contribution >= 4 is 54.8 Å². The number of nitrogen functional groups attached to an aromatic ring is 1. The van der Waals surface area contributed by atoms with E-state index in [1.54, 1.807) is 28.6 Å². The number of benzene rings is 3. The number of sulfonamides is 1. The van der Waals surface area contributed by atoms with Gasteiger partial charge in [0, 0.05) is 44.9 Å². The van der Waals surface area contributed by atoms with Gasteiger partial charge in [0.15, 0.2) is 5.82 Å². The molecule has 246 valence electrons. The monoisotopic (exact) mass is 654 g/mol. The van der Waals surface area contributed by atoms with Gasteiger partial charge < -0.3 is 19.9 Å². The second-order valence-corrected chi connectivity index (χ2v) is 14.2. The Morgan fingerprint density at radius 3 is 2.30 bits per heavy atom. The van der Waals surface area contributed by atoms with Gasteiger partial charge in [-0.1, -0.05) is 25.1 Å². The van der Waals surface area contributed by atoms with Gasteiger partial charge in [-0.2, -0.15) is 14.5 Å². The van der Waals surface area contributed by atoms with Crippen molar-refractivity contribution in [2.75, 3.05) is 51.0 Å². The first-order valence-corrected chi connectivity index (χ1v) is 17.6. The van der Waals surface area contributed by atoms with E-state index in [4.69, 9.17) is 10.5 Å². The molecule has 2 aromatic heterocycles. The van der Waals surface area contributed by atoms with E-state index in [9.17, 15) is 8.42 Å². The molecule has 1 fully saturated rings. The quantitative estimate of drug-likeness (QED) is 0.112. The Bertz CT molecular complexity index is 1950. The van der Waals surface area contributed by atoms with E-state index >= 15 is 0 Å². The molecular formula is C35H42N8O3S. The molecule has 11 nitrogen and oxygen atoms in total. The minimum Gasteiger partial charge on any atom is -0.382 e. The maximum atomic E-state index is 13.4. The maximum Gasteiger partial charge on any atom is 0.243 e. The van der Waals surface area contributed by atoms with Crippen LogP contribution in [-0.2, 0) is 14.8 Å². The average Bonchev–Trinajstić information content (AvgIpc) is 3.54. The molecule has 1 aliphatic rings. The number of azo groups is 1. The number of imidazole rings is 1. The van der Waals surface area contributed by atoms with E-state index in [1.165, 1.54) is 0 Å². The second-order valence-electron chi connectivity index (χ2n) is 12.2. The first kappa shape index (κ1) is 32.5. The largest absolute Gasteiger partial charge is 0.382 e. The first-order chi connectivity index (χ1) is 22.7. The molecule has 6 rings (SSSR count). The van der Waals surface area contributed by atoms with Crippen LogP contribution in [0.2, 0.25) is 0 Å². The molecular weight excluding hydrogens is 613 g/mol. The molecule has 2 N–H and O–H groups in total. The molecule has 0 saturated carbocycles. The van der Waals surface area contributed by atoms with Crippen LogP contribution in [0.15, 0.2) is 94.2 Å². The van der Waals surface area contributed by atoms with E-state index < -0.39 is 10.0 Å². The Morgan fingerprint density at radius 2 is 1.64 bits per heavy atom. The zero-order valence-electron chi connectivity index (χ0n) is 27.2. The van der Waals surface area contributed by atoms with Gasteiger partial charge in [0.25, 0.3) is 0 Å². The third-order valence-electron chi connectivity index (χ3n) is 8.98. The Balaban J connectivity index is 0.987. The molecule has 47 heavy (non-hydrogen) atoms. The van der Waals surface area contributed by atoms with Crippen LogP contribution in [0, 0.1) is 5.92 Å². The normalized spacial score (nSPS) is 15.6. The van der Waals surface area contributed by atoms with Crippen molar-refractivity contribution in [2.45, 2.75) is 43.5 Å². The lowest BCUT2D eigenvalue weighted by Crippen LogP contribution is -2.38. The van der Waals surface area contributed by atoms with Crippen molar-refractivity contribution in [1.82, 2.24) is 18.8 Å². The van der Waals surface area contributed by atoms with Crippen LogP contribution >= 0.6 is 0 Å². The third-order valence-corrected chi connectivity index (χ3v) is 10.9. The molecule has 1 atom stereocenters. The van der Waals surface area contributed by atoms with Crippen molar-refractivity contribution in [3.05, 3.63) is 79.1 Å². The number of nitrogens with zero attached hydrogens (tertiary/aromatic N) is 7. The van der Waals surface area contributed by atoms with Crippen LogP contribution in [0.25, 0.3) is 21.9 Å². The minimum absolute atomic E-state index is 0.111. The summed E-state index contributed by atoms with van der Waals surface area (Å²) in [4.78, 5) is 11.4. The smallest absolute Gasteiger partial charge is 0.243 e. The summed E-state index contributed by atoms with van der Waals surface area (Å²) in [7, 11) is 0.384. The Morgan fingerprint density at radius 1 is 0.979 bits per heavy atom. The van der Waals surface area contributed by atoms with Crippen LogP contribution in [0.4, 0.5) is 22.9 Å². The number of anilines is 2. The molecule has 3 heterocycles. The SMILES string of the molecule is CCC(COCCC1CCN(S(=O)(=O)c2ccc(/N=N/c3ccc(N(C)C)cc3)cc2)CC1)n1cnc2c(N)nc3ccccc3c21. The van der Waals surface area contributed by atoms with Crippen molar-refractivity contribution in [3.63, 3.8) is 0 Å². The van der Waals surface area contributed by atoms with Crippen molar-refractivity contribution in [3.8, 4) is 0 Å². The fraction of sp³-hybridized carbons (Fsp3) is 0.371. The van der Waals surface area contributed by atoms with Gasteiger partial charge >= 0.3 is 0 Å². The highest BCUT2D eigenvalue weighted by Crippen LogP contribution is 2.31. The fourth-order valence-corrected chi connectivity index (χ4v) is 7.59. The number of pyridine rings is 1. The molecule has 0 bridgehead atoms. The lowest BCUT2D eigenvalue weighted by Gasteiger charge is -2.31. The first-order valence-electron chi connectivity index (χ1n) is 16.1. The van der Waals surface area contributed by atoms with Gasteiger partial charge in [0.2, 0.25) is 10.0 Å². The summed E-state index contributed by atoms with van der Waals surface area (Å²) >= 11 is 0. The van der Waals surface area contributed by atoms with Gasteiger partial charge in [0.1, 0.15) is 5.52 Å². The van der Waals surface area contributed by atoms with Crippen molar-refractivity contribution < 1.29 is 13.2 Å². The van der Waals surface area contributed by atoms with Gasteiger partial charge in [-0.25, -0.2) is 18.4 Å². The van der Waals surface area contributed by atoms with Crippen LogP contribution < -0.4 is 10.6 Å². The molecule has 0 spiro atoms. The molecule has 0 radical (unpaired) electrons. The van der Waals surface area contributed by atoms with E-state index in [2.05, 4.69) is 37.8 Å². The predicted octanol–water partition coefficient (Wildman–Crippen LogP) is 7.11. The van der Waals surface area contributed by atoms with E-state index in [-0.39, 0.29) is 10.9 Å². The lowest BCUT2D eigenvalue weighted by molar-refractivity contribution is 0.0847. The number of nitrogens with two attached hydrogens (primary N) is 1. The summed E-state index contributed by atoms with van der Waals surface area (Å²) in [5, 5.41) is 9.57. The number of para-hydroxylation sites is 1. The van der Waals surface area contributed by atoms with Crippen LogP contribution in [0.3, 0.4) is 0 Å². The van der Waals surface area contributed by atoms with Gasteiger partial charge in [-0.05, 0) is 86.2 Å². The van der Waals surface area contributed by atoms with Crippen LogP contribution in [-0.4, -0.2) is 67.7 Å². The minimum atomic E-state index is -3.58. The second kappa shape index (κ2) is 14.2. The molecule has 1 saturated heterocycles. The highest BCUT2D eigenvalue weighted by Gasteiger charge is 2.29. The Kier molecular flexibility index (Phi) is 9.81. The Labute approximate surface area is 276 Å². The zero-order valence-corrected chi connectivity index (χ0v) is 28.0. The summed E-state index contributed by atoms with van der Waals surface area (Å²) in [5.41, 5.74) is 11.2. The number of piperidine rings is 1. The molecule has 3 aromatic carbocycles. The summed E-state index contributed by atoms with van der Waals surface area (Å²) in [6.45, 7) is 4.33. The number of aromatic nitrogens is 3. The molecule has 1 unspecified atom stereocenters. The van der Waals surface area contributed by atoms with Crippen LogP contribution in [0.1, 0.15) is 38.6 Å². The lowest BCUT2D eigenvalue weighted by atomic mass is 9.95. The fourth-order valence-electron chi connectivity index (χ4n) is 6.12. The molecule has 12 heteroatoms. The summed E-state index contributed by atoms with van der Waals surface area (Å²) in [5.74, 6) is 0.850. The predicted molar refractivity (Wildman–Crippen MR) is 187 cm³/mol. The van der Waals surface area contributed by atoms with Crippen LogP contribution in [0.5, 0.6) is 0 Å². The van der Waals surface area contributed by atoms with Crippen molar-refractivity contribution in [1.29, 1.82) is 0 Å². The van der Waals surface area contributed by atoms with E-state index in [0.29, 0.717) is 49.2 Å². The molecule has 0 amide bonds. The number of hydrogen-bond donors (Lipinski definition) is 1. The molecule has 1 aliphatic heterocycles. The number of ether oxygens (including phenoxy) is 1. The van der Waals surface area contributed by atoms with Crippen molar-refractivity contribution in [2.24, 2.45) is 16.1 Å².